The highest BCUT2D eigenvalue weighted by Gasteiger charge is 2.28. The number of nitrogens with zero attached hydrogens (tertiary/aromatic N) is 4. The third-order valence-electron chi connectivity index (χ3n) is 6.45. The standard InChI is InChI=1S/C25H22F2N4O3/c1-14-24(15-4-5-21-22(9-15)34-13-33-21)25-28-23(30-6-2-3-19(30)12-32)11-20(31(25)29-14)16-7-17(26)10-18(27)8-16/h4-5,7-11,19,32H,2-3,6,12-13H2,1H3/t19-/m0/s1. The van der Waals surface area contributed by atoms with Gasteiger partial charge in [0.2, 0.25) is 6.79 Å². The molecule has 1 atom stereocenters. The molecular weight excluding hydrogens is 442 g/mol. The van der Waals surface area contributed by atoms with Crippen molar-refractivity contribution in [3.05, 3.63) is 59.8 Å². The topological polar surface area (TPSA) is 72.1 Å². The van der Waals surface area contributed by atoms with Crippen LogP contribution in [-0.4, -0.2) is 45.7 Å². The largest absolute Gasteiger partial charge is 0.454 e. The number of rotatable bonds is 4. The average Bonchev–Trinajstić information content (AvgIpc) is 3.54. The predicted octanol–water partition coefficient (Wildman–Crippen LogP) is 4.34. The van der Waals surface area contributed by atoms with E-state index in [0.29, 0.717) is 39.9 Å². The van der Waals surface area contributed by atoms with Crippen LogP contribution in [0.25, 0.3) is 28.0 Å². The monoisotopic (exact) mass is 464 g/mol. The van der Waals surface area contributed by atoms with Crippen molar-refractivity contribution < 1.29 is 23.4 Å². The molecule has 0 unspecified atom stereocenters. The summed E-state index contributed by atoms with van der Waals surface area (Å²) in [5.74, 6) is 0.599. The van der Waals surface area contributed by atoms with Gasteiger partial charge < -0.3 is 19.5 Å². The smallest absolute Gasteiger partial charge is 0.231 e. The molecule has 0 amide bonds. The average molecular weight is 464 g/mol. The van der Waals surface area contributed by atoms with E-state index in [4.69, 9.17) is 19.6 Å². The maximum Gasteiger partial charge on any atom is 0.231 e. The predicted molar refractivity (Wildman–Crippen MR) is 122 cm³/mol. The van der Waals surface area contributed by atoms with Crippen molar-refractivity contribution in [2.24, 2.45) is 0 Å². The van der Waals surface area contributed by atoms with Gasteiger partial charge in [-0.15, -0.1) is 0 Å². The van der Waals surface area contributed by atoms with E-state index in [1.807, 2.05) is 30.0 Å². The Balaban J connectivity index is 1.61. The van der Waals surface area contributed by atoms with Crippen molar-refractivity contribution in [3.63, 3.8) is 0 Å². The molecule has 0 bridgehead atoms. The Morgan fingerprint density at radius 1 is 1.03 bits per heavy atom. The number of aliphatic hydroxyl groups is 1. The van der Waals surface area contributed by atoms with Crippen LogP contribution in [0.1, 0.15) is 18.5 Å². The summed E-state index contributed by atoms with van der Waals surface area (Å²) in [6.07, 6.45) is 1.77. The number of anilines is 1. The van der Waals surface area contributed by atoms with Crippen molar-refractivity contribution in [1.82, 2.24) is 14.6 Å². The molecule has 0 spiro atoms. The molecule has 174 valence electrons. The number of fused-ring (bicyclic) bond motifs is 2. The van der Waals surface area contributed by atoms with Gasteiger partial charge in [-0.25, -0.2) is 18.3 Å². The van der Waals surface area contributed by atoms with Gasteiger partial charge in [-0.1, -0.05) is 6.07 Å². The van der Waals surface area contributed by atoms with Crippen molar-refractivity contribution in [2.75, 3.05) is 24.8 Å². The maximum atomic E-state index is 14.2. The van der Waals surface area contributed by atoms with Crippen LogP contribution in [0.15, 0.2) is 42.5 Å². The number of aryl methyl sites for hydroxylation is 1. The van der Waals surface area contributed by atoms with Gasteiger partial charge in [0.05, 0.1) is 24.0 Å². The first-order chi connectivity index (χ1) is 16.5. The normalized spacial score (nSPS) is 17.2. The molecule has 0 radical (unpaired) electrons. The highest BCUT2D eigenvalue weighted by Crippen LogP contribution is 2.39. The first-order valence-corrected chi connectivity index (χ1v) is 11.2. The van der Waals surface area contributed by atoms with Crippen molar-refractivity contribution in [2.45, 2.75) is 25.8 Å². The van der Waals surface area contributed by atoms with Crippen LogP contribution >= 0.6 is 0 Å². The van der Waals surface area contributed by atoms with Crippen LogP contribution in [0.5, 0.6) is 11.5 Å². The lowest BCUT2D eigenvalue weighted by atomic mass is 10.1. The minimum Gasteiger partial charge on any atom is -0.454 e. The minimum absolute atomic E-state index is 0.00406. The molecule has 2 aliphatic rings. The summed E-state index contributed by atoms with van der Waals surface area (Å²) in [5, 5.41) is 14.6. The highest BCUT2D eigenvalue weighted by molar-refractivity contribution is 5.84. The Bertz CT molecular complexity index is 1400. The molecule has 2 aromatic heterocycles. The van der Waals surface area contributed by atoms with E-state index in [1.165, 1.54) is 12.1 Å². The Hall–Kier alpha value is -3.72. The molecule has 0 aliphatic carbocycles. The molecule has 6 rings (SSSR count). The van der Waals surface area contributed by atoms with Gasteiger partial charge in [0.1, 0.15) is 17.5 Å². The van der Waals surface area contributed by atoms with Crippen molar-refractivity contribution in [1.29, 1.82) is 0 Å². The Morgan fingerprint density at radius 2 is 1.82 bits per heavy atom. The molecule has 2 aliphatic heterocycles. The van der Waals surface area contributed by atoms with Crippen LogP contribution in [-0.2, 0) is 0 Å². The SMILES string of the molecule is Cc1nn2c(-c3cc(F)cc(F)c3)cc(N3CCC[C@H]3CO)nc2c1-c1ccc2c(c1)OCO2. The van der Waals surface area contributed by atoms with E-state index >= 15 is 0 Å². The van der Waals surface area contributed by atoms with Crippen LogP contribution < -0.4 is 14.4 Å². The summed E-state index contributed by atoms with van der Waals surface area (Å²) >= 11 is 0. The van der Waals surface area contributed by atoms with Crippen LogP contribution in [0.4, 0.5) is 14.6 Å². The quantitative estimate of drug-likeness (QED) is 0.485. The van der Waals surface area contributed by atoms with Crippen LogP contribution in [0, 0.1) is 18.6 Å². The van der Waals surface area contributed by atoms with Gasteiger partial charge in [0.25, 0.3) is 0 Å². The lowest BCUT2D eigenvalue weighted by Crippen LogP contribution is -2.32. The van der Waals surface area contributed by atoms with E-state index in [-0.39, 0.29) is 19.4 Å². The summed E-state index contributed by atoms with van der Waals surface area (Å²) in [5.41, 5.74) is 3.76. The highest BCUT2D eigenvalue weighted by atomic mass is 19.1. The molecule has 1 saturated heterocycles. The second-order valence-electron chi connectivity index (χ2n) is 8.59. The number of benzene rings is 2. The van der Waals surface area contributed by atoms with Crippen molar-refractivity contribution >= 4 is 11.5 Å². The summed E-state index contributed by atoms with van der Waals surface area (Å²) < 4.78 is 40.9. The van der Waals surface area contributed by atoms with Gasteiger partial charge in [-0.05, 0) is 49.6 Å². The van der Waals surface area contributed by atoms with E-state index in [9.17, 15) is 13.9 Å². The number of aromatic nitrogens is 3. The lowest BCUT2D eigenvalue weighted by Gasteiger charge is -2.25. The van der Waals surface area contributed by atoms with E-state index in [0.717, 1.165) is 36.6 Å². The second-order valence-corrected chi connectivity index (χ2v) is 8.59. The van der Waals surface area contributed by atoms with Gasteiger partial charge in [-0.2, -0.15) is 5.10 Å². The fourth-order valence-corrected chi connectivity index (χ4v) is 4.88. The lowest BCUT2D eigenvalue weighted by molar-refractivity contribution is 0.174. The first-order valence-electron chi connectivity index (χ1n) is 11.2. The Morgan fingerprint density at radius 3 is 2.62 bits per heavy atom. The fourth-order valence-electron chi connectivity index (χ4n) is 4.88. The Kier molecular flexibility index (Phi) is 4.88. The zero-order chi connectivity index (χ0) is 23.4. The first kappa shape index (κ1) is 20.9. The molecule has 34 heavy (non-hydrogen) atoms. The number of halogens is 2. The van der Waals surface area contributed by atoms with Gasteiger partial charge in [0.15, 0.2) is 17.1 Å². The molecule has 4 aromatic rings. The van der Waals surface area contributed by atoms with E-state index in [2.05, 4.69) is 0 Å². The molecule has 9 heteroatoms. The third kappa shape index (κ3) is 3.35. The molecule has 1 N–H and O–H groups in total. The van der Waals surface area contributed by atoms with Gasteiger partial charge in [0, 0.05) is 29.8 Å². The molecule has 2 aromatic carbocycles. The number of hydrogen-bond acceptors (Lipinski definition) is 6. The van der Waals surface area contributed by atoms with Crippen LogP contribution in [0.3, 0.4) is 0 Å². The number of hydrogen-bond donors (Lipinski definition) is 1. The second kappa shape index (κ2) is 7.95. The summed E-state index contributed by atoms with van der Waals surface area (Å²) in [7, 11) is 0. The minimum atomic E-state index is -0.671. The Labute approximate surface area is 194 Å². The van der Waals surface area contributed by atoms with Crippen molar-refractivity contribution in [3.8, 4) is 33.9 Å². The molecule has 4 heterocycles. The zero-order valence-corrected chi connectivity index (χ0v) is 18.5. The zero-order valence-electron chi connectivity index (χ0n) is 18.5. The number of aliphatic hydroxyl groups excluding tert-OH is 1. The van der Waals surface area contributed by atoms with Gasteiger partial charge >= 0.3 is 0 Å². The summed E-state index contributed by atoms with van der Waals surface area (Å²) in [6.45, 7) is 2.78. The van der Waals surface area contributed by atoms with Gasteiger partial charge in [-0.3, -0.25) is 0 Å². The molecule has 7 nitrogen and oxygen atoms in total. The maximum absolute atomic E-state index is 14.2. The molecular formula is C25H22F2N4O3. The summed E-state index contributed by atoms with van der Waals surface area (Å²) in [4.78, 5) is 6.98. The third-order valence-corrected chi connectivity index (χ3v) is 6.45. The number of ether oxygens (including phenoxy) is 2. The molecule has 1 fully saturated rings. The fraction of sp³-hybridized carbons (Fsp3) is 0.280. The van der Waals surface area contributed by atoms with Crippen LogP contribution in [0.2, 0.25) is 0 Å². The van der Waals surface area contributed by atoms with E-state index < -0.39 is 11.6 Å². The van der Waals surface area contributed by atoms with E-state index in [1.54, 1.807) is 10.6 Å². The molecule has 0 saturated carbocycles. The summed E-state index contributed by atoms with van der Waals surface area (Å²) in [6, 6.07) is 10.8.